The standard InChI is InChI=1S/C16H27N3O2.HI/c1-3-10-21-15-8-5-7-14(12-15)13-19-16(17)18-9-6-11-20-4-2;/h5,7-8,12H,3-4,6,9-11,13H2,1-2H3,(H3,17,18,19);1H. The van der Waals surface area contributed by atoms with Crippen molar-refractivity contribution in [2.75, 3.05) is 26.4 Å². The number of hydrogen-bond donors (Lipinski definition) is 2. The van der Waals surface area contributed by atoms with E-state index in [1.165, 1.54) is 0 Å². The fraction of sp³-hybridized carbons (Fsp3) is 0.562. The highest BCUT2D eigenvalue weighted by molar-refractivity contribution is 14.0. The summed E-state index contributed by atoms with van der Waals surface area (Å²) < 4.78 is 10.9. The van der Waals surface area contributed by atoms with Gasteiger partial charge in [0.1, 0.15) is 5.75 Å². The maximum Gasteiger partial charge on any atom is 0.188 e. The molecule has 0 fully saturated rings. The molecule has 126 valence electrons. The van der Waals surface area contributed by atoms with Gasteiger partial charge in [-0.3, -0.25) is 0 Å². The van der Waals surface area contributed by atoms with Crippen LogP contribution in [0, 0.1) is 0 Å². The number of nitrogens with zero attached hydrogens (tertiary/aromatic N) is 1. The molecule has 0 radical (unpaired) electrons. The average Bonchev–Trinajstić information content (AvgIpc) is 2.51. The zero-order chi connectivity index (χ0) is 15.3. The lowest BCUT2D eigenvalue weighted by Gasteiger charge is -2.07. The summed E-state index contributed by atoms with van der Waals surface area (Å²) in [6.45, 7) is 7.63. The van der Waals surface area contributed by atoms with Crippen LogP contribution in [0.1, 0.15) is 32.3 Å². The monoisotopic (exact) mass is 421 g/mol. The SMILES string of the molecule is CCCOc1cccc(CN=C(N)NCCCOCC)c1.I. The third kappa shape index (κ3) is 9.83. The first kappa shape index (κ1) is 21.0. The quantitative estimate of drug-likeness (QED) is 0.264. The lowest BCUT2D eigenvalue weighted by molar-refractivity contribution is 0.145. The predicted molar refractivity (Wildman–Crippen MR) is 102 cm³/mol. The maximum atomic E-state index is 5.82. The van der Waals surface area contributed by atoms with Crippen molar-refractivity contribution in [2.24, 2.45) is 10.7 Å². The fourth-order valence-electron chi connectivity index (χ4n) is 1.72. The van der Waals surface area contributed by atoms with Crippen LogP contribution < -0.4 is 15.8 Å². The minimum atomic E-state index is 0. The number of benzene rings is 1. The van der Waals surface area contributed by atoms with Gasteiger partial charge in [0, 0.05) is 19.8 Å². The van der Waals surface area contributed by atoms with E-state index in [2.05, 4.69) is 17.2 Å². The van der Waals surface area contributed by atoms with Crippen molar-refractivity contribution in [3.05, 3.63) is 29.8 Å². The molecule has 6 heteroatoms. The third-order valence-corrected chi connectivity index (χ3v) is 2.78. The van der Waals surface area contributed by atoms with E-state index in [9.17, 15) is 0 Å². The molecular formula is C16H28IN3O2. The Morgan fingerprint density at radius 2 is 2.09 bits per heavy atom. The van der Waals surface area contributed by atoms with Crippen molar-refractivity contribution < 1.29 is 9.47 Å². The number of guanidine groups is 1. The number of nitrogens with one attached hydrogen (secondary N) is 1. The molecule has 0 bridgehead atoms. The van der Waals surface area contributed by atoms with Gasteiger partial charge in [-0.1, -0.05) is 19.1 Å². The van der Waals surface area contributed by atoms with Gasteiger partial charge in [0.15, 0.2) is 5.96 Å². The highest BCUT2D eigenvalue weighted by Crippen LogP contribution is 2.14. The molecule has 0 amide bonds. The van der Waals surface area contributed by atoms with Crippen molar-refractivity contribution in [3.63, 3.8) is 0 Å². The predicted octanol–water partition coefficient (Wildman–Crippen LogP) is 2.92. The van der Waals surface area contributed by atoms with Crippen molar-refractivity contribution in [2.45, 2.75) is 33.2 Å². The average molecular weight is 421 g/mol. The van der Waals surface area contributed by atoms with E-state index in [1.807, 2.05) is 31.2 Å². The molecule has 0 saturated heterocycles. The Hall–Kier alpha value is -1.02. The number of ether oxygens (including phenoxy) is 2. The second kappa shape index (κ2) is 13.6. The van der Waals surface area contributed by atoms with Gasteiger partial charge in [0.05, 0.1) is 13.2 Å². The molecule has 1 rings (SSSR count). The van der Waals surface area contributed by atoms with Crippen LogP contribution in [0.3, 0.4) is 0 Å². The molecule has 0 aliphatic carbocycles. The first-order chi connectivity index (χ1) is 10.3. The van der Waals surface area contributed by atoms with Crippen molar-refractivity contribution in [3.8, 4) is 5.75 Å². The highest BCUT2D eigenvalue weighted by Gasteiger charge is 1.97. The largest absolute Gasteiger partial charge is 0.494 e. The van der Waals surface area contributed by atoms with Crippen LogP contribution in [-0.4, -0.2) is 32.3 Å². The van der Waals surface area contributed by atoms with Gasteiger partial charge in [-0.05, 0) is 37.5 Å². The zero-order valence-corrected chi connectivity index (χ0v) is 15.8. The Bertz CT molecular complexity index is 428. The number of nitrogens with two attached hydrogens (primary N) is 1. The summed E-state index contributed by atoms with van der Waals surface area (Å²) in [5.41, 5.74) is 6.91. The minimum absolute atomic E-state index is 0. The Kier molecular flexibility index (Phi) is 13.0. The molecule has 5 nitrogen and oxygen atoms in total. The first-order valence-corrected chi connectivity index (χ1v) is 7.59. The summed E-state index contributed by atoms with van der Waals surface area (Å²) >= 11 is 0. The second-order valence-electron chi connectivity index (χ2n) is 4.67. The van der Waals surface area contributed by atoms with Crippen LogP contribution in [0.5, 0.6) is 5.75 Å². The lowest BCUT2D eigenvalue weighted by atomic mass is 10.2. The molecule has 0 spiro atoms. The number of halogens is 1. The topological polar surface area (TPSA) is 68.9 Å². The maximum absolute atomic E-state index is 5.82. The molecule has 1 aromatic rings. The smallest absolute Gasteiger partial charge is 0.188 e. The molecule has 1 aromatic carbocycles. The molecule has 3 N–H and O–H groups in total. The van der Waals surface area contributed by atoms with Gasteiger partial charge in [0.2, 0.25) is 0 Å². The van der Waals surface area contributed by atoms with Gasteiger partial charge in [-0.25, -0.2) is 4.99 Å². The van der Waals surface area contributed by atoms with E-state index in [0.29, 0.717) is 12.5 Å². The molecule has 0 atom stereocenters. The van der Waals surface area contributed by atoms with Crippen molar-refractivity contribution >= 4 is 29.9 Å². The molecule has 22 heavy (non-hydrogen) atoms. The Morgan fingerprint density at radius 3 is 2.82 bits per heavy atom. The van der Waals surface area contributed by atoms with Crippen LogP contribution in [0.4, 0.5) is 0 Å². The van der Waals surface area contributed by atoms with Crippen LogP contribution in [-0.2, 0) is 11.3 Å². The van der Waals surface area contributed by atoms with Gasteiger partial charge >= 0.3 is 0 Å². The van der Waals surface area contributed by atoms with Crippen LogP contribution >= 0.6 is 24.0 Å². The molecule has 0 aromatic heterocycles. The molecule has 0 aliphatic heterocycles. The molecule has 0 saturated carbocycles. The summed E-state index contributed by atoms with van der Waals surface area (Å²) in [6.07, 6.45) is 1.92. The highest BCUT2D eigenvalue weighted by atomic mass is 127. The number of rotatable bonds is 10. The summed E-state index contributed by atoms with van der Waals surface area (Å²) in [4.78, 5) is 4.32. The molecule has 0 heterocycles. The van der Waals surface area contributed by atoms with Gasteiger partial charge in [-0.2, -0.15) is 0 Å². The van der Waals surface area contributed by atoms with Crippen molar-refractivity contribution in [1.29, 1.82) is 0 Å². The Labute approximate surface area is 150 Å². The van der Waals surface area contributed by atoms with Crippen LogP contribution in [0.15, 0.2) is 29.3 Å². The van der Waals surface area contributed by atoms with E-state index < -0.39 is 0 Å². The fourth-order valence-corrected chi connectivity index (χ4v) is 1.72. The van der Waals surface area contributed by atoms with Crippen LogP contribution in [0.25, 0.3) is 0 Å². The van der Waals surface area contributed by atoms with Gasteiger partial charge in [-0.15, -0.1) is 24.0 Å². The molecule has 0 unspecified atom stereocenters. The van der Waals surface area contributed by atoms with E-state index in [-0.39, 0.29) is 24.0 Å². The van der Waals surface area contributed by atoms with E-state index >= 15 is 0 Å². The Balaban J connectivity index is 0.00000441. The van der Waals surface area contributed by atoms with Crippen LogP contribution in [0.2, 0.25) is 0 Å². The molecular weight excluding hydrogens is 393 g/mol. The normalized spacial score (nSPS) is 10.9. The number of hydrogen-bond acceptors (Lipinski definition) is 3. The summed E-state index contributed by atoms with van der Waals surface area (Å²) in [5.74, 6) is 1.35. The van der Waals surface area contributed by atoms with Crippen molar-refractivity contribution in [1.82, 2.24) is 5.32 Å². The Morgan fingerprint density at radius 1 is 1.27 bits per heavy atom. The first-order valence-electron chi connectivity index (χ1n) is 7.59. The number of aliphatic imine (C=N–C) groups is 1. The van der Waals surface area contributed by atoms with E-state index in [1.54, 1.807) is 0 Å². The van der Waals surface area contributed by atoms with Gasteiger partial charge < -0.3 is 20.5 Å². The summed E-state index contributed by atoms with van der Waals surface area (Å²) in [5, 5.41) is 3.08. The summed E-state index contributed by atoms with van der Waals surface area (Å²) in [6, 6.07) is 7.95. The third-order valence-electron chi connectivity index (χ3n) is 2.78. The van der Waals surface area contributed by atoms with E-state index in [4.69, 9.17) is 15.2 Å². The van der Waals surface area contributed by atoms with E-state index in [0.717, 1.165) is 50.5 Å². The van der Waals surface area contributed by atoms with Gasteiger partial charge in [0.25, 0.3) is 0 Å². The summed E-state index contributed by atoms with van der Waals surface area (Å²) in [7, 11) is 0. The lowest BCUT2D eigenvalue weighted by Crippen LogP contribution is -2.32. The minimum Gasteiger partial charge on any atom is -0.494 e. The molecule has 0 aliphatic rings. The second-order valence-corrected chi connectivity index (χ2v) is 4.67. The zero-order valence-electron chi connectivity index (χ0n) is 13.5.